The topological polar surface area (TPSA) is 95.9 Å². The van der Waals surface area contributed by atoms with Crippen molar-refractivity contribution < 1.29 is 24.5 Å². The molecule has 2 unspecified atom stereocenters. The number of esters is 1. The van der Waals surface area contributed by atoms with E-state index >= 15 is 0 Å². The van der Waals surface area contributed by atoms with Crippen LogP contribution < -0.4 is 5.32 Å². The minimum atomic E-state index is -0.661. The summed E-state index contributed by atoms with van der Waals surface area (Å²) in [6.45, 7) is 4.98. The Hall–Kier alpha value is -1.40. The van der Waals surface area contributed by atoms with Crippen molar-refractivity contribution in [1.82, 2.24) is 5.32 Å². The quantitative estimate of drug-likeness (QED) is 0.0320. The minimum Gasteiger partial charge on any atom is -0.466 e. The highest BCUT2D eigenvalue weighted by Gasteiger charge is 2.20. The van der Waals surface area contributed by atoms with Gasteiger partial charge in [0, 0.05) is 12.8 Å². The number of allylic oxidation sites excluding steroid dienone is 2. The van der Waals surface area contributed by atoms with Gasteiger partial charge < -0.3 is 20.3 Å². The Labute approximate surface area is 463 Å². The number of rotatable bonds is 64. The number of nitrogens with one attached hydrogen (secondary N) is 1. The van der Waals surface area contributed by atoms with Gasteiger partial charge in [-0.05, 0) is 51.4 Å². The first-order valence-electron chi connectivity index (χ1n) is 33.9. The van der Waals surface area contributed by atoms with E-state index in [4.69, 9.17) is 4.74 Å². The van der Waals surface area contributed by atoms with Crippen LogP contribution >= 0.6 is 0 Å². The zero-order valence-corrected chi connectivity index (χ0v) is 50.4. The van der Waals surface area contributed by atoms with Gasteiger partial charge in [0.2, 0.25) is 5.91 Å². The lowest BCUT2D eigenvalue weighted by molar-refractivity contribution is -0.143. The van der Waals surface area contributed by atoms with Gasteiger partial charge in [0.05, 0.1) is 25.4 Å². The molecule has 3 N–H and O–H groups in total. The molecule has 0 aliphatic rings. The molecule has 6 nitrogen and oxygen atoms in total. The molecule has 0 fully saturated rings. The predicted molar refractivity (Wildman–Crippen MR) is 324 cm³/mol. The number of ether oxygens (including phenoxy) is 1. The minimum absolute atomic E-state index is 0.0191. The molecule has 0 rings (SSSR count). The molecule has 0 aromatic heterocycles. The fraction of sp³-hybridized carbons (Fsp3) is 0.941. The summed E-state index contributed by atoms with van der Waals surface area (Å²) in [6, 6.07) is -0.538. The highest BCUT2D eigenvalue weighted by atomic mass is 16.5. The van der Waals surface area contributed by atoms with Crippen LogP contribution in [0.1, 0.15) is 386 Å². The van der Waals surface area contributed by atoms with Crippen molar-refractivity contribution in [1.29, 1.82) is 0 Å². The molecule has 6 heteroatoms. The van der Waals surface area contributed by atoms with Gasteiger partial charge in [0.15, 0.2) is 0 Å². The van der Waals surface area contributed by atoms with Crippen molar-refractivity contribution in [2.45, 2.75) is 398 Å². The number of aliphatic hydroxyl groups excluding tert-OH is 2. The fourth-order valence-electron chi connectivity index (χ4n) is 10.9. The lowest BCUT2D eigenvalue weighted by Crippen LogP contribution is -2.45. The van der Waals surface area contributed by atoms with Crippen LogP contribution in [-0.2, 0) is 14.3 Å². The van der Waals surface area contributed by atoms with Crippen molar-refractivity contribution in [3.63, 3.8) is 0 Å². The molecule has 0 aromatic rings. The summed E-state index contributed by atoms with van der Waals surface area (Å²) in [5, 5.41) is 23.3. The monoisotopic (exact) mass is 1040 g/mol. The summed E-state index contributed by atoms with van der Waals surface area (Å²) in [5.41, 5.74) is 0. The number of unbranched alkanes of at least 4 members (excludes halogenated alkanes) is 51. The van der Waals surface area contributed by atoms with Gasteiger partial charge in [-0.2, -0.15) is 0 Å². The second-order valence-corrected chi connectivity index (χ2v) is 23.5. The molecule has 0 heterocycles. The van der Waals surface area contributed by atoms with Gasteiger partial charge >= 0.3 is 5.97 Å². The Morgan fingerprint density at radius 1 is 0.365 bits per heavy atom. The van der Waals surface area contributed by atoms with Crippen molar-refractivity contribution in [3.8, 4) is 0 Å². The first-order valence-corrected chi connectivity index (χ1v) is 33.9. The molecular formula is C68H133NO5. The molecule has 0 spiro atoms. The van der Waals surface area contributed by atoms with E-state index in [2.05, 4.69) is 31.3 Å². The molecular weight excluding hydrogens is 911 g/mol. The second kappa shape index (κ2) is 64.1. The van der Waals surface area contributed by atoms with E-state index in [0.717, 1.165) is 38.5 Å². The number of hydrogen-bond acceptors (Lipinski definition) is 5. The summed E-state index contributed by atoms with van der Waals surface area (Å²) in [7, 11) is 0. The summed E-state index contributed by atoms with van der Waals surface area (Å²) in [4.78, 5) is 24.5. The van der Waals surface area contributed by atoms with E-state index in [-0.39, 0.29) is 18.5 Å². The van der Waals surface area contributed by atoms with Gasteiger partial charge in [0.25, 0.3) is 0 Å². The largest absolute Gasteiger partial charge is 0.466 e. The van der Waals surface area contributed by atoms with E-state index in [1.807, 2.05) is 0 Å². The van der Waals surface area contributed by atoms with E-state index in [1.54, 1.807) is 0 Å². The third-order valence-electron chi connectivity index (χ3n) is 16.1. The van der Waals surface area contributed by atoms with Crippen LogP contribution in [-0.4, -0.2) is 47.4 Å². The zero-order chi connectivity index (χ0) is 53.6. The lowest BCUT2D eigenvalue weighted by Gasteiger charge is -2.22. The first kappa shape index (κ1) is 72.6. The maximum Gasteiger partial charge on any atom is 0.305 e. The van der Waals surface area contributed by atoms with E-state index in [0.29, 0.717) is 25.9 Å². The maximum atomic E-state index is 12.5. The highest BCUT2D eigenvalue weighted by molar-refractivity contribution is 5.76. The van der Waals surface area contributed by atoms with Crippen LogP contribution in [0.3, 0.4) is 0 Å². The van der Waals surface area contributed by atoms with Crippen LogP contribution in [0.4, 0.5) is 0 Å². The summed E-state index contributed by atoms with van der Waals surface area (Å²) >= 11 is 0. The highest BCUT2D eigenvalue weighted by Crippen LogP contribution is 2.19. The summed E-state index contributed by atoms with van der Waals surface area (Å²) in [5.74, 6) is -0.0111. The third kappa shape index (κ3) is 59.8. The number of aliphatic hydroxyl groups is 2. The standard InChI is InChI=1S/C68H133NO5/c1-3-5-7-9-11-13-15-17-37-40-44-48-52-56-60-66(71)65(64-70)69-67(72)61-57-53-49-45-41-38-35-33-31-29-27-25-23-21-19-18-20-22-24-26-28-30-32-34-36-39-43-47-51-55-59-63-74-68(73)62-58-54-50-46-42-16-14-12-10-8-6-4-2/h20,22,65-66,70-71H,3-19,21,23-64H2,1-2H3,(H,69,72)/b22-20-. The van der Waals surface area contributed by atoms with Crippen LogP contribution in [0, 0.1) is 0 Å². The average Bonchev–Trinajstić information content (AvgIpc) is 3.40. The van der Waals surface area contributed by atoms with Gasteiger partial charge in [-0.3, -0.25) is 9.59 Å². The maximum absolute atomic E-state index is 12.5. The number of carbonyl (C=O) groups excluding carboxylic acids is 2. The van der Waals surface area contributed by atoms with Crippen LogP contribution in [0.25, 0.3) is 0 Å². The van der Waals surface area contributed by atoms with Gasteiger partial charge in [-0.25, -0.2) is 0 Å². The SMILES string of the molecule is CCCCCCCCCCCCCCCCC(O)C(CO)NC(=O)CCCCCCCCCCCCCCCCC/C=C\CCCCCCCCCCCCCCOC(=O)CCCCCCCCCCCCCC. The molecule has 0 aromatic carbocycles. The van der Waals surface area contributed by atoms with Gasteiger partial charge in [-0.15, -0.1) is 0 Å². The lowest BCUT2D eigenvalue weighted by atomic mass is 10.0. The summed E-state index contributed by atoms with van der Waals surface area (Å²) < 4.78 is 5.48. The molecule has 0 aliphatic carbocycles. The number of carbonyl (C=O) groups is 2. The molecule has 440 valence electrons. The molecule has 0 saturated heterocycles. The van der Waals surface area contributed by atoms with Gasteiger partial charge in [0.1, 0.15) is 0 Å². The van der Waals surface area contributed by atoms with Crippen molar-refractivity contribution in [3.05, 3.63) is 12.2 Å². The molecule has 2 atom stereocenters. The Balaban J connectivity index is 3.34. The van der Waals surface area contributed by atoms with E-state index in [1.165, 1.54) is 315 Å². The zero-order valence-electron chi connectivity index (χ0n) is 50.4. The van der Waals surface area contributed by atoms with Crippen LogP contribution in [0.15, 0.2) is 12.2 Å². The van der Waals surface area contributed by atoms with Crippen LogP contribution in [0.2, 0.25) is 0 Å². The van der Waals surface area contributed by atoms with Crippen molar-refractivity contribution in [2.24, 2.45) is 0 Å². The number of amides is 1. The predicted octanol–water partition coefficient (Wildman–Crippen LogP) is 21.6. The Morgan fingerprint density at radius 3 is 0.959 bits per heavy atom. The Morgan fingerprint density at radius 2 is 0.635 bits per heavy atom. The Bertz CT molecular complexity index is 1110. The molecule has 0 radical (unpaired) electrons. The van der Waals surface area contributed by atoms with Crippen molar-refractivity contribution in [2.75, 3.05) is 13.2 Å². The fourth-order valence-corrected chi connectivity index (χ4v) is 10.9. The molecule has 0 aliphatic heterocycles. The summed E-state index contributed by atoms with van der Waals surface area (Å²) in [6.07, 6.45) is 78.3. The Kier molecular flexibility index (Phi) is 62.9. The molecule has 0 saturated carbocycles. The van der Waals surface area contributed by atoms with Crippen molar-refractivity contribution >= 4 is 11.9 Å². The third-order valence-corrected chi connectivity index (χ3v) is 16.1. The van der Waals surface area contributed by atoms with E-state index < -0.39 is 12.1 Å². The normalized spacial score (nSPS) is 12.5. The van der Waals surface area contributed by atoms with Gasteiger partial charge in [-0.1, -0.05) is 334 Å². The average molecular weight is 1040 g/mol. The molecule has 74 heavy (non-hydrogen) atoms. The first-order chi connectivity index (χ1) is 36.5. The second-order valence-electron chi connectivity index (χ2n) is 23.5. The van der Waals surface area contributed by atoms with E-state index in [9.17, 15) is 19.8 Å². The van der Waals surface area contributed by atoms with Crippen LogP contribution in [0.5, 0.6) is 0 Å². The smallest absolute Gasteiger partial charge is 0.305 e. The molecule has 1 amide bonds. The molecule has 0 bridgehead atoms. The number of hydrogen-bond donors (Lipinski definition) is 3.